The van der Waals surface area contributed by atoms with Crippen molar-refractivity contribution < 1.29 is 4.79 Å². The average molecular weight is 449 g/mol. The number of anilines is 1. The minimum atomic E-state index is -0.560. The molecule has 0 saturated carbocycles. The number of carbonyl (C=O) groups is 1. The SMILES string of the molecule is CC(C)Cc1ccc(-c2ccc(C(CC(C)C)C(C)(C)C(=O)Nc3nccs3)cc2)cc1. The molecule has 3 aromatic rings. The second-order valence-electron chi connectivity index (χ2n) is 10.1. The summed E-state index contributed by atoms with van der Waals surface area (Å²) in [6.07, 6.45) is 3.77. The van der Waals surface area contributed by atoms with Crippen LogP contribution in [0.15, 0.2) is 60.1 Å². The van der Waals surface area contributed by atoms with Crippen LogP contribution >= 0.6 is 11.3 Å². The van der Waals surface area contributed by atoms with Crippen molar-refractivity contribution in [1.29, 1.82) is 0 Å². The molecular weight excluding hydrogens is 412 g/mol. The molecule has 0 aliphatic heterocycles. The number of hydrogen-bond acceptors (Lipinski definition) is 3. The Balaban J connectivity index is 1.82. The van der Waals surface area contributed by atoms with Crippen LogP contribution in [0.4, 0.5) is 5.13 Å². The maximum absolute atomic E-state index is 13.2. The van der Waals surface area contributed by atoms with Gasteiger partial charge < -0.3 is 5.32 Å². The van der Waals surface area contributed by atoms with Crippen molar-refractivity contribution >= 4 is 22.4 Å². The Bertz CT molecular complexity index is 987. The Kier molecular flexibility index (Phi) is 7.89. The summed E-state index contributed by atoms with van der Waals surface area (Å²) in [7, 11) is 0. The number of thiazole rings is 1. The van der Waals surface area contributed by atoms with Gasteiger partial charge >= 0.3 is 0 Å². The van der Waals surface area contributed by atoms with Crippen molar-refractivity contribution in [2.24, 2.45) is 17.3 Å². The molecule has 0 spiro atoms. The zero-order chi connectivity index (χ0) is 23.3. The number of amides is 1. The first-order valence-electron chi connectivity index (χ1n) is 11.6. The smallest absolute Gasteiger partial charge is 0.232 e. The number of carbonyl (C=O) groups excluding carboxylic acids is 1. The molecule has 0 aliphatic rings. The second-order valence-corrected chi connectivity index (χ2v) is 11.0. The molecule has 0 bridgehead atoms. The minimum Gasteiger partial charge on any atom is -0.301 e. The highest BCUT2D eigenvalue weighted by Crippen LogP contribution is 2.41. The largest absolute Gasteiger partial charge is 0.301 e. The molecule has 0 fully saturated rings. The molecule has 0 aliphatic carbocycles. The van der Waals surface area contributed by atoms with E-state index in [-0.39, 0.29) is 11.8 Å². The highest BCUT2D eigenvalue weighted by Gasteiger charge is 2.38. The third kappa shape index (κ3) is 6.07. The van der Waals surface area contributed by atoms with Crippen molar-refractivity contribution in [2.45, 2.75) is 60.3 Å². The van der Waals surface area contributed by atoms with Gasteiger partial charge in [-0.3, -0.25) is 4.79 Å². The summed E-state index contributed by atoms with van der Waals surface area (Å²) >= 11 is 1.45. The maximum atomic E-state index is 13.2. The Hall–Kier alpha value is -2.46. The topological polar surface area (TPSA) is 42.0 Å². The van der Waals surface area contributed by atoms with E-state index in [4.69, 9.17) is 0 Å². The fraction of sp³-hybridized carbons (Fsp3) is 0.429. The summed E-state index contributed by atoms with van der Waals surface area (Å²) < 4.78 is 0. The van der Waals surface area contributed by atoms with Crippen LogP contribution in [0.1, 0.15) is 65.0 Å². The molecule has 1 amide bonds. The zero-order valence-electron chi connectivity index (χ0n) is 20.2. The van der Waals surface area contributed by atoms with Crippen molar-refractivity contribution in [3.05, 3.63) is 71.2 Å². The minimum absolute atomic E-state index is 0.0166. The van der Waals surface area contributed by atoms with Gasteiger partial charge in [-0.1, -0.05) is 90.1 Å². The van der Waals surface area contributed by atoms with Crippen molar-refractivity contribution in [1.82, 2.24) is 4.98 Å². The highest BCUT2D eigenvalue weighted by atomic mass is 32.1. The first-order valence-corrected chi connectivity index (χ1v) is 12.4. The van der Waals surface area contributed by atoms with E-state index in [0.29, 0.717) is 17.0 Å². The second kappa shape index (κ2) is 10.4. The quantitative estimate of drug-likeness (QED) is 0.363. The van der Waals surface area contributed by atoms with Crippen LogP contribution in [0.5, 0.6) is 0 Å². The lowest BCUT2D eigenvalue weighted by molar-refractivity contribution is -0.125. The molecule has 170 valence electrons. The number of nitrogens with one attached hydrogen (secondary N) is 1. The number of hydrogen-bond donors (Lipinski definition) is 1. The van der Waals surface area contributed by atoms with Crippen molar-refractivity contribution in [3.63, 3.8) is 0 Å². The standard InChI is InChI=1S/C28H36N2OS/c1-19(2)17-21-7-9-22(10-8-21)23-11-13-24(14-12-23)25(18-20(3)4)28(5,6)26(31)30-27-29-15-16-32-27/h7-16,19-20,25H,17-18H2,1-6H3,(H,29,30,31). The fourth-order valence-electron chi connectivity index (χ4n) is 4.23. The molecule has 32 heavy (non-hydrogen) atoms. The molecule has 1 atom stereocenters. The maximum Gasteiger partial charge on any atom is 0.232 e. The van der Waals surface area contributed by atoms with Crippen LogP contribution in [0.25, 0.3) is 11.1 Å². The zero-order valence-corrected chi connectivity index (χ0v) is 21.0. The first-order chi connectivity index (χ1) is 15.2. The lowest BCUT2D eigenvalue weighted by Gasteiger charge is -2.34. The molecule has 3 rings (SSSR count). The van der Waals surface area contributed by atoms with E-state index < -0.39 is 5.41 Å². The molecule has 0 radical (unpaired) electrons. The Morgan fingerprint density at radius 2 is 1.53 bits per heavy atom. The average Bonchev–Trinajstić information content (AvgIpc) is 3.25. The molecular formula is C28H36N2OS. The molecule has 1 unspecified atom stereocenters. The van der Waals surface area contributed by atoms with Crippen LogP contribution in [0.2, 0.25) is 0 Å². The van der Waals surface area contributed by atoms with Crippen LogP contribution in [0.3, 0.4) is 0 Å². The summed E-state index contributed by atoms with van der Waals surface area (Å²) in [6.45, 7) is 13.0. The highest BCUT2D eigenvalue weighted by molar-refractivity contribution is 7.13. The van der Waals surface area contributed by atoms with Gasteiger partial charge in [0.05, 0.1) is 5.41 Å². The number of rotatable bonds is 9. The molecule has 1 N–H and O–H groups in total. The van der Waals surface area contributed by atoms with Crippen molar-refractivity contribution in [3.8, 4) is 11.1 Å². The number of aromatic nitrogens is 1. The Labute approximate surface area is 197 Å². The predicted molar refractivity (Wildman–Crippen MR) is 137 cm³/mol. The normalized spacial score (nSPS) is 12.9. The summed E-state index contributed by atoms with van der Waals surface area (Å²) in [4.78, 5) is 17.4. The third-order valence-electron chi connectivity index (χ3n) is 6.06. The van der Waals surface area contributed by atoms with Crippen molar-refractivity contribution in [2.75, 3.05) is 5.32 Å². The van der Waals surface area contributed by atoms with Gasteiger partial charge in [-0.2, -0.15) is 0 Å². The monoisotopic (exact) mass is 448 g/mol. The van der Waals surface area contributed by atoms with E-state index in [1.807, 2.05) is 19.2 Å². The lowest BCUT2D eigenvalue weighted by Crippen LogP contribution is -2.37. The van der Waals surface area contributed by atoms with Gasteiger partial charge in [-0.05, 0) is 52.8 Å². The van der Waals surface area contributed by atoms with Crippen LogP contribution < -0.4 is 5.32 Å². The van der Waals surface area contributed by atoms with E-state index >= 15 is 0 Å². The molecule has 1 heterocycles. The lowest BCUT2D eigenvalue weighted by atomic mass is 9.70. The van der Waals surface area contributed by atoms with Gasteiger partial charge in [-0.25, -0.2) is 4.98 Å². The van der Waals surface area contributed by atoms with E-state index in [1.54, 1.807) is 6.20 Å². The van der Waals surface area contributed by atoms with Crippen LogP contribution in [-0.2, 0) is 11.2 Å². The van der Waals surface area contributed by atoms with Gasteiger partial charge in [0.1, 0.15) is 0 Å². The van der Waals surface area contributed by atoms with Gasteiger partial charge in [0.15, 0.2) is 5.13 Å². The van der Waals surface area contributed by atoms with Gasteiger partial charge in [0, 0.05) is 11.6 Å². The van der Waals surface area contributed by atoms with Crippen LogP contribution in [0, 0.1) is 17.3 Å². The predicted octanol–water partition coefficient (Wildman–Crippen LogP) is 7.80. The first kappa shape index (κ1) is 24.2. The van der Waals surface area contributed by atoms with E-state index in [9.17, 15) is 4.79 Å². The van der Waals surface area contributed by atoms with Crippen LogP contribution in [-0.4, -0.2) is 10.9 Å². The molecule has 2 aromatic carbocycles. The molecule has 0 saturated heterocycles. The van der Waals surface area contributed by atoms with Gasteiger partial charge in [0.2, 0.25) is 5.91 Å². The van der Waals surface area contributed by atoms with E-state index in [2.05, 4.69) is 86.5 Å². The van der Waals surface area contributed by atoms with Gasteiger partial charge in [0.25, 0.3) is 0 Å². The fourth-order valence-corrected chi connectivity index (χ4v) is 4.76. The van der Waals surface area contributed by atoms with E-state index in [1.165, 1.54) is 33.6 Å². The molecule has 1 aromatic heterocycles. The summed E-state index contributed by atoms with van der Waals surface area (Å²) in [5.74, 6) is 1.28. The Morgan fingerprint density at radius 3 is 2.03 bits per heavy atom. The Morgan fingerprint density at radius 1 is 0.938 bits per heavy atom. The third-order valence-corrected chi connectivity index (χ3v) is 6.75. The summed E-state index contributed by atoms with van der Waals surface area (Å²) in [5.41, 5.74) is 4.46. The summed E-state index contributed by atoms with van der Waals surface area (Å²) in [6, 6.07) is 17.7. The van der Waals surface area contributed by atoms with E-state index in [0.717, 1.165) is 12.8 Å². The number of nitrogens with zero attached hydrogens (tertiary/aromatic N) is 1. The molecule has 3 nitrogen and oxygen atoms in total. The molecule has 4 heteroatoms. The number of benzene rings is 2. The summed E-state index contributed by atoms with van der Waals surface area (Å²) in [5, 5.41) is 5.54. The van der Waals surface area contributed by atoms with Gasteiger partial charge in [-0.15, -0.1) is 11.3 Å².